The highest BCUT2D eigenvalue weighted by Gasteiger charge is 2.17. The smallest absolute Gasteiger partial charge is 0.326 e. The summed E-state index contributed by atoms with van der Waals surface area (Å²) in [6.45, 7) is 6.45. The third kappa shape index (κ3) is 5.58. The second-order valence-corrected chi connectivity index (χ2v) is 3.84. The Balaban J connectivity index is 3.93. The number of amides is 2. The van der Waals surface area contributed by atoms with Gasteiger partial charge < -0.3 is 15.7 Å². The molecule has 0 aromatic carbocycles. The van der Waals surface area contributed by atoms with Gasteiger partial charge in [-0.05, 0) is 12.3 Å². The van der Waals surface area contributed by atoms with Gasteiger partial charge in [0.25, 0.3) is 0 Å². The van der Waals surface area contributed by atoms with Gasteiger partial charge in [-0.15, -0.1) is 0 Å². The average molecular weight is 230 g/mol. The fraction of sp³-hybridized carbons (Fsp3) is 0.818. The van der Waals surface area contributed by atoms with Crippen molar-refractivity contribution in [2.75, 3.05) is 6.54 Å². The molecule has 2 amide bonds. The van der Waals surface area contributed by atoms with E-state index in [4.69, 9.17) is 5.11 Å². The molecule has 5 nitrogen and oxygen atoms in total. The Morgan fingerprint density at radius 1 is 1.12 bits per heavy atom. The molecule has 0 rings (SSSR count). The average Bonchev–Trinajstić information content (AvgIpc) is 2.26. The molecule has 0 heterocycles. The zero-order valence-corrected chi connectivity index (χ0v) is 10.2. The summed E-state index contributed by atoms with van der Waals surface area (Å²) in [5.74, 6) is -0.546. The zero-order chi connectivity index (χ0) is 12.6. The minimum Gasteiger partial charge on any atom is -0.480 e. The van der Waals surface area contributed by atoms with E-state index in [2.05, 4.69) is 24.5 Å². The van der Waals surface area contributed by atoms with E-state index in [1.165, 1.54) is 0 Å². The summed E-state index contributed by atoms with van der Waals surface area (Å²) >= 11 is 0. The number of hydrogen-bond acceptors (Lipinski definition) is 2. The summed E-state index contributed by atoms with van der Waals surface area (Å²) in [6, 6.07) is -1.21. The lowest BCUT2D eigenvalue weighted by Gasteiger charge is -2.16. The molecule has 0 aliphatic rings. The van der Waals surface area contributed by atoms with E-state index >= 15 is 0 Å². The lowest BCUT2D eigenvalue weighted by atomic mass is 10.0. The van der Waals surface area contributed by atoms with Crippen LogP contribution in [0.3, 0.4) is 0 Å². The van der Waals surface area contributed by atoms with Gasteiger partial charge in [-0.1, -0.05) is 33.6 Å². The van der Waals surface area contributed by atoms with Gasteiger partial charge in [-0.2, -0.15) is 0 Å². The monoisotopic (exact) mass is 230 g/mol. The Bertz CT molecular complexity index is 227. The van der Waals surface area contributed by atoms with E-state index in [9.17, 15) is 9.59 Å². The highest BCUT2D eigenvalue weighted by atomic mass is 16.4. The quantitative estimate of drug-likeness (QED) is 0.621. The van der Waals surface area contributed by atoms with Crippen LogP contribution in [0.5, 0.6) is 0 Å². The van der Waals surface area contributed by atoms with E-state index in [0.717, 1.165) is 12.8 Å². The molecule has 0 saturated carbocycles. The molecular formula is C11H22N2O3. The summed E-state index contributed by atoms with van der Waals surface area (Å²) in [7, 11) is 0. The molecule has 1 unspecified atom stereocenters. The number of hydrogen-bond donors (Lipinski definition) is 3. The first-order chi connectivity index (χ1) is 7.54. The van der Waals surface area contributed by atoms with E-state index in [1.807, 2.05) is 0 Å². The van der Waals surface area contributed by atoms with Gasteiger partial charge in [0.05, 0.1) is 0 Å². The predicted octanol–water partition coefficient (Wildman–Crippen LogP) is 1.58. The Morgan fingerprint density at radius 3 is 2.06 bits per heavy atom. The van der Waals surface area contributed by atoms with Crippen LogP contribution in [-0.2, 0) is 4.79 Å². The first-order valence-electron chi connectivity index (χ1n) is 5.82. The number of carboxylic acids is 1. The lowest BCUT2D eigenvalue weighted by molar-refractivity contribution is -0.139. The van der Waals surface area contributed by atoms with Crippen LogP contribution >= 0.6 is 0 Å². The van der Waals surface area contributed by atoms with Crippen LogP contribution in [0, 0.1) is 5.92 Å². The number of carboxylic acid groups (broad SMARTS) is 1. The maximum Gasteiger partial charge on any atom is 0.326 e. The minimum absolute atomic E-state index is 0.383. The van der Waals surface area contributed by atoms with Gasteiger partial charge in [-0.25, -0.2) is 9.59 Å². The van der Waals surface area contributed by atoms with Crippen molar-refractivity contribution in [3.63, 3.8) is 0 Å². The van der Waals surface area contributed by atoms with Gasteiger partial charge in [0.1, 0.15) is 6.04 Å². The molecule has 94 valence electrons. The molecule has 0 bridgehead atoms. The molecule has 0 aliphatic heterocycles. The van der Waals surface area contributed by atoms with Crippen molar-refractivity contribution in [3.05, 3.63) is 0 Å². The summed E-state index contributed by atoms with van der Waals surface area (Å²) in [5, 5.41) is 13.9. The number of rotatable bonds is 7. The van der Waals surface area contributed by atoms with Crippen molar-refractivity contribution in [1.29, 1.82) is 0 Å². The van der Waals surface area contributed by atoms with E-state index < -0.39 is 18.0 Å². The third-order valence-electron chi connectivity index (χ3n) is 2.72. The number of carbonyl (C=O) groups is 2. The van der Waals surface area contributed by atoms with Crippen molar-refractivity contribution < 1.29 is 14.7 Å². The van der Waals surface area contributed by atoms with Gasteiger partial charge in [0.15, 0.2) is 0 Å². The van der Waals surface area contributed by atoms with Crippen LogP contribution in [0.15, 0.2) is 0 Å². The van der Waals surface area contributed by atoms with Crippen molar-refractivity contribution in [2.45, 2.75) is 46.1 Å². The summed E-state index contributed by atoms with van der Waals surface area (Å²) in [5.41, 5.74) is 0. The molecule has 0 aromatic heterocycles. The molecule has 3 N–H and O–H groups in total. The van der Waals surface area contributed by atoms with Crippen LogP contribution in [0.1, 0.15) is 40.0 Å². The maximum absolute atomic E-state index is 11.4. The number of carbonyl (C=O) groups excluding carboxylic acids is 1. The van der Waals surface area contributed by atoms with Crippen molar-refractivity contribution in [2.24, 2.45) is 5.92 Å². The van der Waals surface area contributed by atoms with Crippen LogP contribution in [-0.4, -0.2) is 29.7 Å². The number of nitrogens with one attached hydrogen (secondary N) is 2. The Morgan fingerprint density at radius 2 is 1.69 bits per heavy atom. The fourth-order valence-corrected chi connectivity index (χ4v) is 1.36. The molecule has 0 aromatic rings. The van der Waals surface area contributed by atoms with Gasteiger partial charge in [-0.3, -0.25) is 0 Å². The van der Waals surface area contributed by atoms with Crippen LogP contribution in [0.25, 0.3) is 0 Å². The molecule has 0 aliphatic carbocycles. The van der Waals surface area contributed by atoms with Crippen LogP contribution < -0.4 is 10.6 Å². The maximum atomic E-state index is 11.4. The predicted molar refractivity (Wildman–Crippen MR) is 62.3 cm³/mol. The molecule has 0 fully saturated rings. The molecule has 5 heteroatoms. The standard InChI is InChI=1S/C11H22N2O3/c1-4-8(5-2)7-12-11(16)13-9(6-3)10(14)15/h8-9H,4-7H2,1-3H3,(H,14,15)(H2,12,13,16). The molecule has 1 atom stereocenters. The fourth-order valence-electron chi connectivity index (χ4n) is 1.36. The first-order valence-corrected chi connectivity index (χ1v) is 5.82. The molecular weight excluding hydrogens is 208 g/mol. The van der Waals surface area contributed by atoms with Crippen LogP contribution in [0.4, 0.5) is 4.79 Å². The summed E-state index contributed by atoms with van der Waals surface area (Å²) < 4.78 is 0. The highest BCUT2D eigenvalue weighted by molar-refractivity contribution is 5.82. The van der Waals surface area contributed by atoms with Gasteiger partial charge in [0.2, 0.25) is 0 Å². The van der Waals surface area contributed by atoms with Gasteiger partial charge in [0, 0.05) is 6.54 Å². The molecule has 0 saturated heterocycles. The minimum atomic E-state index is -1.000. The zero-order valence-electron chi connectivity index (χ0n) is 10.2. The van der Waals surface area contributed by atoms with Crippen LogP contribution in [0.2, 0.25) is 0 Å². The lowest BCUT2D eigenvalue weighted by Crippen LogP contribution is -2.46. The number of urea groups is 1. The van der Waals surface area contributed by atoms with Crippen molar-refractivity contribution in [1.82, 2.24) is 10.6 Å². The summed E-state index contributed by atoms with van der Waals surface area (Å²) in [6.07, 6.45) is 2.40. The normalized spacial score (nSPS) is 12.2. The second kappa shape index (κ2) is 7.96. The Kier molecular flexibility index (Phi) is 7.33. The molecule has 0 spiro atoms. The Hall–Kier alpha value is -1.26. The molecule has 16 heavy (non-hydrogen) atoms. The molecule has 0 radical (unpaired) electrons. The van der Waals surface area contributed by atoms with E-state index in [1.54, 1.807) is 6.92 Å². The topological polar surface area (TPSA) is 78.4 Å². The van der Waals surface area contributed by atoms with Crippen molar-refractivity contribution >= 4 is 12.0 Å². The third-order valence-corrected chi connectivity index (χ3v) is 2.72. The number of aliphatic carboxylic acids is 1. The first kappa shape index (κ1) is 14.7. The van der Waals surface area contributed by atoms with E-state index in [-0.39, 0.29) is 0 Å². The van der Waals surface area contributed by atoms with Gasteiger partial charge >= 0.3 is 12.0 Å². The van der Waals surface area contributed by atoms with Crippen molar-refractivity contribution in [3.8, 4) is 0 Å². The summed E-state index contributed by atoms with van der Waals surface area (Å²) in [4.78, 5) is 22.0. The second-order valence-electron chi connectivity index (χ2n) is 3.84. The highest BCUT2D eigenvalue weighted by Crippen LogP contribution is 2.04. The largest absolute Gasteiger partial charge is 0.480 e. The SMILES string of the molecule is CCC(CC)CNC(=O)NC(CC)C(=O)O. The van der Waals surface area contributed by atoms with E-state index in [0.29, 0.717) is 18.9 Å². The Labute approximate surface area is 96.6 Å².